The molecule has 5 nitrogen and oxygen atoms in total. The highest BCUT2D eigenvalue weighted by Crippen LogP contribution is 2.61. The average molecular weight is 374 g/mol. The van der Waals surface area contributed by atoms with Crippen molar-refractivity contribution in [2.45, 2.75) is 12.8 Å². The maximum atomic E-state index is 12.2. The van der Waals surface area contributed by atoms with Gasteiger partial charge in [-0.15, -0.1) is 0 Å². The number of fused-ring (bicyclic) bond motifs is 2. The Bertz CT molecular complexity index is 1020. The van der Waals surface area contributed by atoms with Crippen molar-refractivity contribution in [2.75, 3.05) is 0 Å². The molecule has 4 atom stereocenters. The SMILES string of the molecule is N#CC(C#N)=C1c2sc(=O)sc2C(=C(C#N)C#N)C2C3C=CC(CC3)C12. The van der Waals surface area contributed by atoms with E-state index in [9.17, 15) is 25.8 Å². The summed E-state index contributed by atoms with van der Waals surface area (Å²) in [5, 5.41) is 38.0. The van der Waals surface area contributed by atoms with Gasteiger partial charge in [-0.1, -0.05) is 34.8 Å². The van der Waals surface area contributed by atoms with Crippen LogP contribution in [0.2, 0.25) is 0 Å². The Labute approximate surface area is 157 Å². The molecule has 1 saturated carbocycles. The quantitative estimate of drug-likeness (QED) is 0.508. The fourth-order valence-corrected chi connectivity index (χ4v) is 6.92. The maximum Gasteiger partial charge on any atom is 0.288 e. The summed E-state index contributed by atoms with van der Waals surface area (Å²) in [4.78, 5) is 13.4. The van der Waals surface area contributed by atoms with Gasteiger partial charge in [0.05, 0.1) is 9.75 Å². The summed E-state index contributed by atoms with van der Waals surface area (Å²) in [7, 11) is 0. The summed E-state index contributed by atoms with van der Waals surface area (Å²) in [6, 6.07) is 7.98. The van der Waals surface area contributed by atoms with Gasteiger partial charge < -0.3 is 0 Å². The van der Waals surface area contributed by atoms with Crippen molar-refractivity contribution in [1.82, 2.24) is 0 Å². The molecule has 124 valence electrons. The molecule has 1 aromatic heterocycles. The van der Waals surface area contributed by atoms with Crippen LogP contribution in [0.25, 0.3) is 11.1 Å². The van der Waals surface area contributed by atoms with E-state index in [1.54, 1.807) is 0 Å². The lowest BCUT2D eigenvalue weighted by Crippen LogP contribution is -2.40. The molecular weight excluding hydrogens is 364 g/mol. The summed E-state index contributed by atoms with van der Waals surface area (Å²) >= 11 is 2.02. The zero-order valence-electron chi connectivity index (χ0n) is 13.4. The first kappa shape index (κ1) is 16.5. The van der Waals surface area contributed by atoms with Crippen LogP contribution >= 0.6 is 22.7 Å². The van der Waals surface area contributed by atoms with Gasteiger partial charge in [0.2, 0.25) is 0 Å². The third-order valence-corrected chi connectivity index (χ3v) is 7.69. The van der Waals surface area contributed by atoms with Crippen LogP contribution in [-0.2, 0) is 0 Å². The first-order chi connectivity index (χ1) is 12.6. The number of nitrogens with zero attached hydrogens (tertiary/aromatic N) is 4. The molecule has 0 aromatic carbocycles. The number of nitriles is 4. The Balaban J connectivity index is 2.16. The van der Waals surface area contributed by atoms with E-state index in [0.29, 0.717) is 20.9 Å². The second kappa shape index (κ2) is 6.08. The first-order valence-electron chi connectivity index (χ1n) is 8.06. The van der Waals surface area contributed by atoms with Crippen LogP contribution in [0.4, 0.5) is 0 Å². The Morgan fingerprint density at radius 2 is 1.19 bits per heavy atom. The lowest BCUT2D eigenvalue weighted by molar-refractivity contribution is 0.210. The lowest BCUT2D eigenvalue weighted by atomic mass is 9.54. The normalized spacial score (nSPS) is 27.4. The summed E-state index contributed by atoms with van der Waals surface area (Å²) in [6.45, 7) is 0. The summed E-state index contributed by atoms with van der Waals surface area (Å²) in [5.74, 6) is -0.00336. The van der Waals surface area contributed by atoms with Crippen molar-refractivity contribution >= 4 is 33.8 Å². The fraction of sp³-hybridized carbons (Fsp3) is 0.316. The molecular formula is C19H10N4OS2. The average Bonchev–Trinajstić information content (AvgIpc) is 3.06. The van der Waals surface area contributed by atoms with Crippen molar-refractivity contribution in [3.8, 4) is 24.3 Å². The third-order valence-electron chi connectivity index (χ3n) is 5.47. The smallest absolute Gasteiger partial charge is 0.265 e. The van der Waals surface area contributed by atoms with Gasteiger partial charge in [-0.05, 0) is 24.7 Å². The minimum Gasteiger partial charge on any atom is -0.265 e. The predicted molar refractivity (Wildman–Crippen MR) is 97.1 cm³/mol. The molecule has 0 spiro atoms. The Hall–Kier alpha value is -2.97. The van der Waals surface area contributed by atoms with Gasteiger partial charge in [0.15, 0.2) is 0 Å². The van der Waals surface area contributed by atoms with Gasteiger partial charge in [-0.25, -0.2) is 0 Å². The molecule has 1 fully saturated rings. The van der Waals surface area contributed by atoms with E-state index in [2.05, 4.69) is 12.2 Å². The number of hydrogen-bond donors (Lipinski definition) is 0. The van der Waals surface area contributed by atoms with Crippen LogP contribution in [0.1, 0.15) is 22.6 Å². The number of hydrogen-bond acceptors (Lipinski definition) is 7. The molecule has 0 aliphatic heterocycles. The molecule has 4 aliphatic carbocycles. The molecule has 5 rings (SSSR count). The van der Waals surface area contributed by atoms with E-state index < -0.39 is 0 Å². The molecule has 1 heterocycles. The summed E-state index contributed by atoms with van der Waals surface area (Å²) < 4.78 is -0.158. The van der Waals surface area contributed by atoms with Crippen LogP contribution < -0.4 is 4.06 Å². The van der Waals surface area contributed by atoms with E-state index in [4.69, 9.17) is 0 Å². The highest BCUT2D eigenvalue weighted by molar-refractivity contribution is 7.29. The van der Waals surface area contributed by atoms with Crippen LogP contribution in [0, 0.1) is 69.0 Å². The Kier molecular flexibility index (Phi) is 3.86. The van der Waals surface area contributed by atoms with Crippen molar-refractivity contribution in [3.05, 3.63) is 41.9 Å². The molecule has 1 aromatic rings. The van der Waals surface area contributed by atoms with Gasteiger partial charge in [0.25, 0.3) is 4.06 Å². The van der Waals surface area contributed by atoms with Gasteiger partial charge in [0, 0.05) is 23.0 Å². The Morgan fingerprint density at radius 1 is 0.808 bits per heavy atom. The predicted octanol–water partition coefficient (Wildman–Crippen LogP) is 3.61. The van der Waals surface area contributed by atoms with Crippen LogP contribution in [0.5, 0.6) is 0 Å². The van der Waals surface area contributed by atoms with E-state index in [1.165, 1.54) is 0 Å². The molecule has 4 aliphatic rings. The molecule has 4 unspecified atom stereocenters. The van der Waals surface area contributed by atoms with Crippen LogP contribution in [0.15, 0.2) is 28.1 Å². The highest BCUT2D eigenvalue weighted by Gasteiger charge is 2.50. The Morgan fingerprint density at radius 3 is 1.50 bits per heavy atom. The fourth-order valence-electron chi connectivity index (χ4n) is 4.57. The van der Waals surface area contributed by atoms with Crippen LogP contribution in [-0.4, -0.2) is 0 Å². The monoisotopic (exact) mass is 374 g/mol. The van der Waals surface area contributed by atoms with E-state index >= 15 is 0 Å². The third kappa shape index (κ3) is 2.12. The molecule has 0 radical (unpaired) electrons. The minimum atomic E-state index is -0.158. The molecule has 2 bridgehead atoms. The van der Waals surface area contributed by atoms with Gasteiger partial charge >= 0.3 is 0 Å². The van der Waals surface area contributed by atoms with Gasteiger partial charge in [0.1, 0.15) is 35.4 Å². The first-order valence-corrected chi connectivity index (χ1v) is 9.69. The highest BCUT2D eigenvalue weighted by atomic mass is 32.2. The summed E-state index contributed by atoms with van der Waals surface area (Å²) in [6.07, 6.45) is 6.12. The number of allylic oxidation sites excluding steroid dienone is 6. The topological polar surface area (TPSA) is 112 Å². The maximum absolute atomic E-state index is 12.2. The largest absolute Gasteiger partial charge is 0.288 e. The van der Waals surface area contributed by atoms with E-state index in [1.807, 2.05) is 24.3 Å². The van der Waals surface area contributed by atoms with E-state index in [0.717, 1.165) is 35.5 Å². The molecule has 7 heteroatoms. The molecule has 0 N–H and O–H groups in total. The lowest BCUT2D eigenvalue weighted by Gasteiger charge is -2.49. The zero-order chi connectivity index (χ0) is 18.4. The van der Waals surface area contributed by atoms with Gasteiger partial charge in [-0.3, -0.25) is 4.79 Å². The van der Waals surface area contributed by atoms with E-state index in [-0.39, 0.29) is 38.9 Å². The van der Waals surface area contributed by atoms with Crippen LogP contribution in [0.3, 0.4) is 0 Å². The van der Waals surface area contributed by atoms with Gasteiger partial charge in [-0.2, -0.15) is 21.0 Å². The number of rotatable bonds is 0. The standard InChI is InChI=1S/C19H10N4OS2/c20-5-11(6-21)15-13-9-1-2-10(4-3-9)14(13)16(12(7-22)8-23)18-17(15)25-19(24)26-18/h1-2,9-10,13-14H,3-4H2. The second-order valence-corrected chi connectivity index (χ2v) is 8.70. The van der Waals surface area contributed by atoms with Crippen molar-refractivity contribution in [2.24, 2.45) is 23.7 Å². The zero-order valence-corrected chi connectivity index (χ0v) is 15.0. The van der Waals surface area contributed by atoms with Crippen molar-refractivity contribution in [1.29, 1.82) is 21.0 Å². The molecule has 0 saturated heterocycles. The summed E-state index contributed by atoms with van der Waals surface area (Å²) in [5.41, 5.74) is 1.34. The van der Waals surface area contributed by atoms with Crippen molar-refractivity contribution in [3.63, 3.8) is 0 Å². The molecule has 26 heavy (non-hydrogen) atoms. The second-order valence-electron chi connectivity index (χ2n) is 6.48. The molecule has 0 amide bonds. The minimum absolute atomic E-state index is 0.0331. The van der Waals surface area contributed by atoms with Crippen molar-refractivity contribution < 1.29 is 0 Å².